The molecule has 43 heavy (non-hydrogen) atoms. The summed E-state index contributed by atoms with van der Waals surface area (Å²) >= 11 is 6.27. The molecule has 0 radical (unpaired) electrons. The van der Waals surface area contributed by atoms with Crippen molar-refractivity contribution in [3.05, 3.63) is 82.4 Å². The topological polar surface area (TPSA) is 78.9 Å². The molecule has 2 atom stereocenters. The van der Waals surface area contributed by atoms with Gasteiger partial charge in [-0.25, -0.2) is 0 Å². The molecule has 10 heteroatoms. The van der Waals surface area contributed by atoms with Gasteiger partial charge in [-0.15, -0.1) is 0 Å². The van der Waals surface area contributed by atoms with E-state index in [1.54, 1.807) is 41.3 Å². The summed E-state index contributed by atoms with van der Waals surface area (Å²) in [4.78, 5) is 25.9. The Labute approximate surface area is 254 Å². The molecule has 1 unspecified atom stereocenters. The second kappa shape index (κ2) is 13.7. The number of anilines is 1. The number of ether oxygens (including phenoxy) is 1. The van der Waals surface area contributed by atoms with Crippen LogP contribution >= 0.6 is 11.6 Å². The van der Waals surface area contributed by atoms with E-state index in [0.29, 0.717) is 41.4 Å². The lowest BCUT2D eigenvalue weighted by Gasteiger charge is -2.30. The first-order valence-electron chi connectivity index (χ1n) is 14.3. The molecule has 2 N–H and O–H groups in total. The maximum atomic E-state index is 13.3. The van der Waals surface area contributed by atoms with Gasteiger partial charge in [-0.05, 0) is 99.2 Å². The number of nitrogens with zero attached hydrogens (tertiary/aromatic N) is 1. The van der Waals surface area contributed by atoms with Gasteiger partial charge in [0.1, 0.15) is 5.75 Å². The fourth-order valence-electron chi connectivity index (χ4n) is 5.39. The number of benzene rings is 3. The molecule has 1 amide bonds. The number of hydrogen-bond acceptors (Lipinski definition) is 4. The molecule has 1 aliphatic heterocycles. The first kappa shape index (κ1) is 32.2. The van der Waals surface area contributed by atoms with Gasteiger partial charge in [0.15, 0.2) is 0 Å². The highest BCUT2D eigenvalue weighted by atomic mass is 35.5. The highest BCUT2D eigenvalue weighted by Gasteiger charge is 2.30. The number of carboxylic acids is 1. The van der Waals surface area contributed by atoms with Gasteiger partial charge in [0.05, 0.1) is 18.1 Å². The van der Waals surface area contributed by atoms with Gasteiger partial charge < -0.3 is 20.1 Å². The number of aryl methyl sites for hydroxylation is 1. The molecule has 1 saturated heterocycles. The number of nitrogens with one attached hydrogen (secondary N) is 1. The minimum absolute atomic E-state index is 0.0561. The second-order valence-corrected chi connectivity index (χ2v) is 11.7. The zero-order valence-corrected chi connectivity index (χ0v) is 25.1. The second-order valence-electron chi connectivity index (χ2n) is 11.2. The summed E-state index contributed by atoms with van der Waals surface area (Å²) in [5.41, 5.74) is 4.10. The number of hydrogen-bond donors (Lipinski definition) is 2. The van der Waals surface area contributed by atoms with Gasteiger partial charge >= 0.3 is 12.1 Å². The Kier molecular flexibility index (Phi) is 10.3. The van der Waals surface area contributed by atoms with Crippen molar-refractivity contribution in [2.24, 2.45) is 5.92 Å². The van der Waals surface area contributed by atoms with Crippen LogP contribution in [-0.4, -0.2) is 47.3 Å². The number of amides is 1. The maximum absolute atomic E-state index is 13.3. The first-order chi connectivity index (χ1) is 20.3. The average molecular weight is 617 g/mol. The van der Waals surface area contributed by atoms with Crippen LogP contribution in [0.25, 0.3) is 11.1 Å². The van der Waals surface area contributed by atoms with Crippen LogP contribution in [0.2, 0.25) is 5.02 Å². The number of alkyl halides is 3. The van der Waals surface area contributed by atoms with Gasteiger partial charge in [0.2, 0.25) is 0 Å². The molecule has 1 fully saturated rings. The standard InChI is InChI=1S/C33H36ClF3N2O4/c1-20(2)43-30-13-9-25(34)18-28(30)23-8-12-27(21(3)17-23)29(14-15-33(35,36)37)38-26-10-6-22(7-11-26)31(40)39-16-4-5-24(19-39)32(41)42/h6-13,17-18,20,24,29,38H,4-5,14-16,19H2,1-3H3,(H,41,42)/t24-,29?/m1/s1. The number of rotatable bonds is 10. The number of halogens is 4. The van der Waals surface area contributed by atoms with Gasteiger partial charge in [-0.3, -0.25) is 9.59 Å². The largest absolute Gasteiger partial charge is 0.490 e. The molecule has 0 spiro atoms. The molecule has 3 aromatic carbocycles. The summed E-state index contributed by atoms with van der Waals surface area (Å²) in [6.45, 7) is 6.35. The Morgan fingerprint density at radius 3 is 2.44 bits per heavy atom. The molecule has 4 rings (SSSR count). The lowest BCUT2D eigenvalue weighted by Crippen LogP contribution is -2.42. The number of carbonyl (C=O) groups excluding carboxylic acids is 1. The van der Waals surface area contributed by atoms with Crippen LogP contribution in [-0.2, 0) is 4.79 Å². The molecule has 230 valence electrons. The van der Waals surface area contributed by atoms with Crippen LogP contribution in [0.4, 0.5) is 18.9 Å². The Morgan fingerprint density at radius 1 is 1.09 bits per heavy atom. The molecule has 3 aromatic rings. The quantitative estimate of drug-likeness (QED) is 0.239. The van der Waals surface area contributed by atoms with E-state index in [1.165, 1.54) is 0 Å². The van der Waals surface area contributed by atoms with Crippen molar-refractivity contribution in [2.45, 2.75) is 64.8 Å². The maximum Gasteiger partial charge on any atom is 0.389 e. The Bertz CT molecular complexity index is 1440. The predicted molar refractivity (Wildman–Crippen MR) is 162 cm³/mol. The summed E-state index contributed by atoms with van der Waals surface area (Å²) in [5, 5.41) is 13.1. The molecule has 0 aromatic heterocycles. The normalized spacial score (nSPS) is 16.2. The van der Waals surface area contributed by atoms with Crippen LogP contribution in [0, 0.1) is 12.8 Å². The molecular formula is C33H36ClF3N2O4. The minimum Gasteiger partial charge on any atom is -0.490 e. The number of likely N-dealkylation sites (tertiary alicyclic amines) is 1. The minimum atomic E-state index is -4.32. The first-order valence-corrected chi connectivity index (χ1v) is 14.7. The van der Waals surface area contributed by atoms with Crippen LogP contribution in [0.1, 0.15) is 67.1 Å². The van der Waals surface area contributed by atoms with Crippen molar-refractivity contribution in [1.29, 1.82) is 0 Å². The average Bonchev–Trinajstić information content (AvgIpc) is 2.95. The van der Waals surface area contributed by atoms with E-state index in [9.17, 15) is 27.9 Å². The molecule has 6 nitrogen and oxygen atoms in total. The predicted octanol–water partition coefficient (Wildman–Crippen LogP) is 8.54. The van der Waals surface area contributed by atoms with Gasteiger partial charge in [0, 0.05) is 41.3 Å². The zero-order valence-electron chi connectivity index (χ0n) is 24.4. The SMILES string of the molecule is Cc1cc(-c2cc(Cl)ccc2OC(C)C)ccc1C(CCC(F)(F)F)Nc1ccc(C(=O)N2CCC[C@@H](C(=O)O)C2)cc1. The van der Waals surface area contributed by atoms with E-state index in [4.69, 9.17) is 16.3 Å². The van der Waals surface area contributed by atoms with Crippen LogP contribution in [0.5, 0.6) is 5.75 Å². The van der Waals surface area contributed by atoms with Crippen molar-refractivity contribution >= 4 is 29.2 Å². The third-order valence-electron chi connectivity index (χ3n) is 7.51. The number of carboxylic acid groups (broad SMARTS) is 1. The summed E-state index contributed by atoms with van der Waals surface area (Å²) in [6.07, 6.45) is -4.38. The van der Waals surface area contributed by atoms with Crippen molar-refractivity contribution in [3.63, 3.8) is 0 Å². The zero-order chi connectivity index (χ0) is 31.3. The van der Waals surface area contributed by atoms with Gasteiger partial charge in [-0.1, -0.05) is 29.8 Å². The Morgan fingerprint density at radius 2 is 1.81 bits per heavy atom. The van der Waals surface area contributed by atoms with Crippen LogP contribution in [0.3, 0.4) is 0 Å². The molecule has 0 bridgehead atoms. The van der Waals surface area contributed by atoms with Crippen molar-refractivity contribution in [2.75, 3.05) is 18.4 Å². The molecule has 1 aliphatic rings. The highest BCUT2D eigenvalue weighted by Crippen LogP contribution is 2.37. The van der Waals surface area contributed by atoms with E-state index in [2.05, 4.69) is 5.32 Å². The van der Waals surface area contributed by atoms with Crippen LogP contribution < -0.4 is 10.1 Å². The summed E-state index contributed by atoms with van der Waals surface area (Å²) in [7, 11) is 0. The van der Waals surface area contributed by atoms with E-state index >= 15 is 0 Å². The summed E-state index contributed by atoms with van der Waals surface area (Å²) < 4.78 is 45.9. The third kappa shape index (κ3) is 8.66. The molecule has 0 saturated carbocycles. The van der Waals surface area contributed by atoms with E-state index in [1.807, 2.05) is 45.0 Å². The highest BCUT2D eigenvalue weighted by molar-refractivity contribution is 6.31. The van der Waals surface area contributed by atoms with Crippen LogP contribution in [0.15, 0.2) is 60.7 Å². The Hall–Kier alpha value is -3.72. The van der Waals surface area contributed by atoms with E-state index < -0.39 is 30.5 Å². The lowest BCUT2D eigenvalue weighted by atomic mass is 9.93. The fourth-order valence-corrected chi connectivity index (χ4v) is 5.56. The van der Waals surface area contributed by atoms with Crippen molar-refractivity contribution < 1.29 is 32.6 Å². The third-order valence-corrected chi connectivity index (χ3v) is 7.74. The smallest absolute Gasteiger partial charge is 0.389 e. The molecule has 0 aliphatic carbocycles. The Balaban J connectivity index is 1.57. The summed E-state index contributed by atoms with van der Waals surface area (Å²) in [5.74, 6) is -1.10. The summed E-state index contributed by atoms with van der Waals surface area (Å²) in [6, 6.07) is 16.9. The van der Waals surface area contributed by atoms with E-state index in [0.717, 1.165) is 22.3 Å². The van der Waals surface area contributed by atoms with Crippen molar-refractivity contribution in [3.8, 4) is 16.9 Å². The number of piperidine rings is 1. The monoisotopic (exact) mass is 616 g/mol. The van der Waals surface area contributed by atoms with Gasteiger partial charge in [-0.2, -0.15) is 13.2 Å². The lowest BCUT2D eigenvalue weighted by molar-refractivity contribution is -0.143. The number of carbonyl (C=O) groups is 2. The fraction of sp³-hybridized carbons (Fsp3) is 0.394. The molecular weight excluding hydrogens is 581 g/mol. The van der Waals surface area contributed by atoms with Gasteiger partial charge in [0.25, 0.3) is 5.91 Å². The van der Waals surface area contributed by atoms with Crippen molar-refractivity contribution in [1.82, 2.24) is 4.90 Å². The molecule has 1 heterocycles. The number of aliphatic carboxylic acids is 1. The van der Waals surface area contributed by atoms with E-state index in [-0.39, 0.29) is 25.0 Å².